The van der Waals surface area contributed by atoms with Crippen molar-refractivity contribution in [1.82, 2.24) is 9.97 Å². The minimum absolute atomic E-state index is 0.0540. The quantitative estimate of drug-likeness (QED) is 0.583. The van der Waals surface area contributed by atoms with Gasteiger partial charge in [-0.1, -0.05) is 31.0 Å². The van der Waals surface area contributed by atoms with Crippen molar-refractivity contribution < 1.29 is 4.39 Å². The fraction of sp³-hybridized carbons (Fsp3) is 0.231. The smallest absolute Gasteiger partial charge is 0.165 e. The van der Waals surface area contributed by atoms with E-state index >= 15 is 0 Å². The fourth-order valence-corrected chi connectivity index (χ4v) is 2.03. The molecule has 1 heterocycles. The number of benzene rings is 1. The van der Waals surface area contributed by atoms with Crippen molar-refractivity contribution in [2.24, 2.45) is 5.84 Å². The lowest BCUT2D eigenvalue weighted by atomic mass is 10.1. The molecule has 0 saturated carbocycles. The SMILES string of the molecule is CCCc1c(NN)ncnc1Nc1cccc(Cl)c1F. The number of hydrogen-bond donors (Lipinski definition) is 3. The van der Waals surface area contributed by atoms with E-state index in [1.807, 2.05) is 6.92 Å². The summed E-state index contributed by atoms with van der Waals surface area (Å²) in [6.07, 6.45) is 2.96. The Morgan fingerprint density at radius 2 is 2.05 bits per heavy atom. The first-order valence-corrected chi connectivity index (χ1v) is 6.56. The lowest BCUT2D eigenvalue weighted by molar-refractivity contribution is 0.632. The van der Waals surface area contributed by atoms with E-state index in [1.54, 1.807) is 12.1 Å². The number of anilines is 3. The van der Waals surface area contributed by atoms with Crippen LogP contribution in [0.25, 0.3) is 0 Å². The van der Waals surface area contributed by atoms with E-state index in [2.05, 4.69) is 20.7 Å². The number of nitrogen functional groups attached to an aromatic ring is 1. The molecular formula is C13H15ClFN5. The van der Waals surface area contributed by atoms with Gasteiger partial charge in [0.15, 0.2) is 5.82 Å². The van der Waals surface area contributed by atoms with Crippen molar-refractivity contribution in [1.29, 1.82) is 0 Å². The summed E-state index contributed by atoms with van der Waals surface area (Å²) in [5, 5.41) is 2.99. The number of hydrazine groups is 1. The van der Waals surface area contributed by atoms with Crippen LogP contribution in [0, 0.1) is 5.82 Å². The molecule has 0 bridgehead atoms. The first-order valence-electron chi connectivity index (χ1n) is 6.18. The topological polar surface area (TPSA) is 75.9 Å². The minimum Gasteiger partial charge on any atom is -0.337 e. The normalized spacial score (nSPS) is 10.4. The zero-order chi connectivity index (χ0) is 14.5. The first kappa shape index (κ1) is 14.5. The van der Waals surface area contributed by atoms with Crippen LogP contribution in [0.4, 0.5) is 21.7 Å². The third-order valence-electron chi connectivity index (χ3n) is 2.79. The van der Waals surface area contributed by atoms with E-state index in [0.29, 0.717) is 18.1 Å². The predicted octanol–water partition coefficient (Wildman–Crippen LogP) is 3.25. The second kappa shape index (κ2) is 6.49. The minimum atomic E-state index is -0.516. The van der Waals surface area contributed by atoms with E-state index in [1.165, 1.54) is 12.4 Å². The third-order valence-corrected chi connectivity index (χ3v) is 3.08. The van der Waals surface area contributed by atoms with Crippen LogP contribution in [0.1, 0.15) is 18.9 Å². The second-order valence-corrected chi connectivity index (χ2v) is 4.58. The molecule has 0 atom stereocenters. The molecule has 2 rings (SSSR count). The van der Waals surface area contributed by atoms with E-state index < -0.39 is 5.82 Å². The third kappa shape index (κ3) is 2.97. The summed E-state index contributed by atoms with van der Waals surface area (Å²) in [5.41, 5.74) is 3.58. The zero-order valence-electron chi connectivity index (χ0n) is 11.0. The Balaban J connectivity index is 2.40. The van der Waals surface area contributed by atoms with Crippen molar-refractivity contribution in [3.63, 3.8) is 0 Å². The second-order valence-electron chi connectivity index (χ2n) is 4.17. The molecular weight excluding hydrogens is 281 g/mol. The maximum Gasteiger partial charge on any atom is 0.165 e. The molecule has 20 heavy (non-hydrogen) atoms. The van der Waals surface area contributed by atoms with Gasteiger partial charge in [0.05, 0.1) is 10.7 Å². The van der Waals surface area contributed by atoms with Crippen LogP contribution in [0.15, 0.2) is 24.5 Å². The van der Waals surface area contributed by atoms with Gasteiger partial charge in [0.1, 0.15) is 18.0 Å². The van der Waals surface area contributed by atoms with Crippen LogP contribution in [-0.2, 0) is 6.42 Å². The maximum absolute atomic E-state index is 13.9. The number of halogens is 2. The Morgan fingerprint density at radius 1 is 1.30 bits per heavy atom. The number of nitrogens with one attached hydrogen (secondary N) is 2. The van der Waals surface area contributed by atoms with Gasteiger partial charge in [-0.05, 0) is 18.6 Å². The van der Waals surface area contributed by atoms with Crippen LogP contribution < -0.4 is 16.6 Å². The standard InChI is InChI=1S/C13H15ClFN5/c1-2-4-8-12(17-7-18-13(8)20-16)19-10-6-3-5-9(14)11(10)15/h3,5-7H,2,4,16H2,1H3,(H2,17,18,19,20). The van der Waals surface area contributed by atoms with Crippen LogP contribution in [-0.4, -0.2) is 9.97 Å². The maximum atomic E-state index is 13.9. The van der Waals surface area contributed by atoms with E-state index in [0.717, 1.165) is 12.0 Å². The Kier molecular flexibility index (Phi) is 4.70. The van der Waals surface area contributed by atoms with E-state index in [-0.39, 0.29) is 10.7 Å². The molecule has 1 aromatic carbocycles. The van der Waals surface area contributed by atoms with Gasteiger partial charge in [0, 0.05) is 5.56 Å². The van der Waals surface area contributed by atoms with Gasteiger partial charge < -0.3 is 10.7 Å². The van der Waals surface area contributed by atoms with Gasteiger partial charge in [-0.15, -0.1) is 0 Å². The summed E-state index contributed by atoms with van der Waals surface area (Å²) >= 11 is 5.76. The van der Waals surface area contributed by atoms with Crippen molar-refractivity contribution in [3.05, 3.63) is 40.9 Å². The van der Waals surface area contributed by atoms with Crippen LogP contribution in [0.3, 0.4) is 0 Å². The molecule has 0 unspecified atom stereocenters. The molecule has 5 nitrogen and oxygen atoms in total. The molecule has 4 N–H and O–H groups in total. The molecule has 0 aliphatic heterocycles. The summed E-state index contributed by atoms with van der Waals surface area (Å²) in [6, 6.07) is 4.74. The highest BCUT2D eigenvalue weighted by Gasteiger charge is 2.13. The van der Waals surface area contributed by atoms with E-state index in [4.69, 9.17) is 17.4 Å². The van der Waals surface area contributed by atoms with Crippen molar-refractivity contribution in [2.45, 2.75) is 19.8 Å². The summed E-state index contributed by atoms with van der Waals surface area (Å²) in [7, 11) is 0. The highest BCUT2D eigenvalue weighted by molar-refractivity contribution is 6.31. The van der Waals surface area contributed by atoms with Gasteiger partial charge >= 0.3 is 0 Å². The Hall–Kier alpha value is -1.92. The van der Waals surface area contributed by atoms with Crippen LogP contribution in [0.2, 0.25) is 5.02 Å². The lowest BCUT2D eigenvalue weighted by Gasteiger charge is -2.14. The molecule has 0 aliphatic carbocycles. The fourth-order valence-electron chi connectivity index (χ4n) is 1.86. The average molecular weight is 296 g/mol. The number of nitrogens with zero attached hydrogens (tertiary/aromatic N) is 2. The zero-order valence-corrected chi connectivity index (χ0v) is 11.7. The predicted molar refractivity (Wildman–Crippen MR) is 78.5 cm³/mol. The molecule has 0 saturated heterocycles. The summed E-state index contributed by atoms with van der Waals surface area (Å²) in [5.74, 6) is 5.95. The van der Waals surface area contributed by atoms with Crippen molar-refractivity contribution in [2.75, 3.05) is 10.7 Å². The Bertz CT molecular complexity index is 605. The number of hydrogen-bond acceptors (Lipinski definition) is 5. The number of rotatable bonds is 5. The summed E-state index contributed by atoms with van der Waals surface area (Å²) in [4.78, 5) is 8.20. The van der Waals surface area contributed by atoms with Gasteiger partial charge in [-0.25, -0.2) is 20.2 Å². The monoisotopic (exact) mass is 295 g/mol. The van der Waals surface area contributed by atoms with Gasteiger partial charge in [0.25, 0.3) is 0 Å². The molecule has 1 aromatic heterocycles. The van der Waals surface area contributed by atoms with E-state index in [9.17, 15) is 4.39 Å². The largest absolute Gasteiger partial charge is 0.337 e. The van der Waals surface area contributed by atoms with Crippen molar-refractivity contribution in [3.8, 4) is 0 Å². The van der Waals surface area contributed by atoms with Gasteiger partial charge in [-0.3, -0.25) is 0 Å². The summed E-state index contributed by atoms with van der Waals surface area (Å²) < 4.78 is 13.9. The molecule has 0 fully saturated rings. The van der Waals surface area contributed by atoms with Crippen molar-refractivity contribution >= 4 is 28.9 Å². The molecule has 0 radical (unpaired) electrons. The van der Waals surface area contributed by atoms with Crippen LogP contribution >= 0.6 is 11.6 Å². The highest BCUT2D eigenvalue weighted by Crippen LogP contribution is 2.28. The number of nitrogens with two attached hydrogens (primary N) is 1. The number of aromatic nitrogens is 2. The van der Waals surface area contributed by atoms with Crippen LogP contribution in [0.5, 0.6) is 0 Å². The molecule has 0 spiro atoms. The van der Waals surface area contributed by atoms with Gasteiger partial charge in [0.2, 0.25) is 0 Å². The molecule has 0 aliphatic rings. The average Bonchev–Trinajstić information content (AvgIpc) is 2.46. The molecule has 106 valence electrons. The summed E-state index contributed by atoms with van der Waals surface area (Å²) in [6.45, 7) is 2.02. The molecule has 2 aromatic rings. The highest BCUT2D eigenvalue weighted by atomic mass is 35.5. The molecule has 0 amide bonds. The first-order chi connectivity index (χ1) is 9.67. The molecule has 7 heteroatoms. The lowest BCUT2D eigenvalue weighted by Crippen LogP contribution is -2.13. The Labute approximate surface area is 121 Å². The van der Waals surface area contributed by atoms with Gasteiger partial charge in [-0.2, -0.15) is 0 Å². The Morgan fingerprint density at radius 3 is 2.75 bits per heavy atom.